The molecule has 0 spiro atoms. The first-order valence-corrected chi connectivity index (χ1v) is 7.80. The van der Waals surface area contributed by atoms with Crippen molar-refractivity contribution in [2.75, 3.05) is 18.4 Å². The molecule has 6 nitrogen and oxygen atoms in total. The van der Waals surface area contributed by atoms with E-state index in [0.717, 1.165) is 23.5 Å². The van der Waals surface area contributed by atoms with Gasteiger partial charge in [0, 0.05) is 19.2 Å². The van der Waals surface area contributed by atoms with Gasteiger partial charge in [-0.2, -0.15) is 0 Å². The van der Waals surface area contributed by atoms with E-state index in [1.807, 2.05) is 0 Å². The Bertz CT molecular complexity index is 780. The van der Waals surface area contributed by atoms with Gasteiger partial charge in [-0.25, -0.2) is 18.6 Å². The summed E-state index contributed by atoms with van der Waals surface area (Å²) in [5.74, 6) is -2.34. The lowest BCUT2D eigenvalue weighted by Crippen LogP contribution is -2.43. The van der Waals surface area contributed by atoms with Gasteiger partial charge in [-0.3, -0.25) is 4.79 Å². The third-order valence-electron chi connectivity index (χ3n) is 3.71. The number of hydrogen-bond acceptors (Lipinski definition) is 4. The summed E-state index contributed by atoms with van der Waals surface area (Å²) in [6, 6.07) is 1.89. The van der Waals surface area contributed by atoms with Gasteiger partial charge < -0.3 is 15.3 Å². The third-order valence-corrected chi connectivity index (χ3v) is 4.62. The van der Waals surface area contributed by atoms with Crippen molar-refractivity contribution in [3.63, 3.8) is 0 Å². The van der Waals surface area contributed by atoms with Crippen LogP contribution < -0.4 is 5.32 Å². The number of piperidine rings is 1. The van der Waals surface area contributed by atoms with Crippen LogP contribution in [0.2, 0.25) is 0 Å². The zero-order chi connectivity index (χ0) is 16.6. The molecule has 2 aromatic rings. The normalized spacial score (nSPS) is 18.2. The number of likely N-dealkylation sites (tertiary alicyclic amines) is 1. The number of nitrogens with one attached hydrogen (secondary N) is 1. The summed E-state index contributed by atoms with van der Waals surface area (Å²) in [5.41, 5.74) is 0.00232. The summed E-state index contributed by atoms with van der Waals surface area (Å²) < 4.78 is 27.1. The number of benzene rings is 1. The molecule has 1 aliphatic heterocycles. The Morgan fingerprint density at radius 1 is 1.39 bits per heavy atom. The van der Waals surface area contributed by atoms with Crippen LogP contribution >= 0.6 is 11.3 Å². The number of carboxylic acid groups (broad SMARTS) is 1. The van der Waals surface area contributed by atoms with Crippen LogP contribution in [0, 0.1) is 17.6 Å². The first kappa shape index (κ1) is 15.6. The maximum Gasteiger partial charge on any atom is 0.407 e. The molecule has 2 heterocycles. The minimum atomic E-state index is -1.06. The van der Waals surface area contributed by atoms with Gasteiger partial charge in [0.1, 0.15) is 11.3 Å². The average Bonchev–Trinajstić information content (AvgIpc) is 2.90. The van der Waals surface area contributed by atoms with Crippen LogP contribution in [0.1, 0.15) is 12.8 Å². The fraction of sp³-hybridized carbons (Fsp3) is 0.357. The SMILES string of the molecule is O=C(Nc1nc2c(F)cc(F)cc2s1)[C@@H]1CCCN(C(=O)O)C1. The molecule has 0 aliphatic carbocycles. The van der Waals surface area contributed by atoms with Crippen molar-refractivity contribution >= 4 is 38.7 Å². The predicted molar refractivity (Wildman–Crippen MR) is 80.5 cm³/mol. The molecule has 0 unspecified atom stereocenters. The molecule has 2 amide bonds. The van der Waals surface area contributed by atoms with Crippen molar-refractivity contribution in [2.24, 2.45) is 5.92 Å². The quantitative estimate of drug-likeness (QED) is 0.880. The van der Waals surface area contributed by atoms with Crippen molar-refractivity contribution in [1.29, 1.82) is 0 Å². The highest BCUT2D eigenvalue weighted by atomic mass is 32.1. The number of halogens is 2. The number of thiazole rings is 1. The van der Waals surface area contributed by atoms with Crippen molar-refractivity contribution in [1.82, 2.24) is 9.88 Å². The van der Waals surface area contributed by atoms with E-state index >= 15 is 0 Å². The number of aromatic nitrogens is 1. The minimum Gasteiger partial charge on any atom is -0.465 e. The van der Waals surface area contributed by atoms with Crippen molar-refractivity contribution in [2.45, 2.75) is 12.8 Å². The number of hydrogen-bond donors (Lipinski definition) is 2. The van der Waals surface area contributed by atoms with E-state index in [9.17, 15) is 18.4 Å². The lowest BCUT2D eigenvalue weighted by molar-refractivity contribution is -0.121. The van der Waals surface area contributed by atoms with E-state index in [2.05, 4.69) is 10.3 Å². The second-order valence-electron chi connectivity index (χ2n) is 5.31. The third kappa shape index (κ3) is 3.24. The zero-order valence-electron chi connectivity index (χ0n) is 11.9. The second-order valence-corrected chi connectivity index (χ2v) is 6.34. The van der Waals surface area contributed by atoms with Crippen LogP contribution in [-0.2, 0) is 4.79 Å². The first-order chi connectivity index (χ1) is 10.9. The number of carbonyl (C=O) groups excluding carboxylic acids is 1. The molecule has 1 saturated heterocycles. The first-order valence-electron chi connectivity index (χ1n) is 6.98. The number of fused-ring (bicyclic) bond motifs is 1. The maximum atomic E-state index is 13.6. The van der Waals surface area contributed by atoms with Gasteiger partial charge in [-0.15, -0.1) is 0 Å². The molecule has 1 aromatic heterocycles. The van der Waals surface area contributed by atoms with Crippen molar-refractivity contribution in [3.05, 3.63) is 23.8 Å². The number of amides is 2. The molecular weight excluding hydrogens is 328 g/mol. The molecular formula is C14H13F2N3O3S. The highest BCUT2D eigenvalue weighted by Gasteiger charge is 2.28. The smallest absolute Gasteiger partial charge is 0.407 e. The standard InChI is InChI=1S/C14H13F2N3O3S/c15-8-4-9(16)11-10(5-8)23-13(17-11)18-12(20)7-2-1-3-19(6-7)14(21)22/h4-5,7H,1-3,6H2,(H,21,22)(H,17,18,20)/t7-/m1/s1. The van der Waals surface area contributed by atoms with E-state index in [-0.39, 0.29) is 23.1 Å². The largest absolute Gasteiger partial charge is 0.465 e. The molecule has 9 heteroatoms. The number of carbonyl (C=O) groups is 2. The van der Waals surface area contributed by atoms with E-state index in [4.69, 9.17) is 5.11 Å². The number of anilines is 1. The molecule has 1 aliphatic rings. The Morgan fingerprint density at radius 2 is 2.17 bits per heavy atom. The summed E-state index contributed by atoms with van der Waals surface area (Å²) in [7, 11) is 0. The summed E-state index contributed by atoms with van der Waals surface area (Å²) in [6.45, 7) is 0.528. The Labute approximate surface area is 133 Å². The molecule has 3 rings (SSSR count). The van der Waals surface area contributed by atoms with Gasteiger partial charge in [0.2, 0.25) is 5.91 Å². The van der Waals surface area contributed by atoms with Crippen LogP contribution in [0.15, 0.2) is 12.1 Å². The molecule has 1 fully saturated rings. The zero-order valence-corrected chi connectivity index (χ0v) is 12.7. The van der Waals surface area contributed by atoms with Gasteiger partial charge in [0.15, 0.2) is 10.9 Å². The molecule has 0 radical (unpaired) electrons. The summed E-state index contributed by atoms with van der Waals surface area (Å²) in [4.78, 5) is 28.4. The van der Waals surface area contributed by atoms with Gasteiger partial charge in [-0.1, -0.05) is 11.3 Å². The van der Waals surface area contributed by atoms with E-state index < -0.39 is 23.6 Å². The average molecular weight is 341 g/mol. The van der Waals surface area contributed by atoms with E-state index in [1.54, 1.807) is 0 Å². The van der Waals surface area contributed by atoms with Gasteiger partial charge in [0.25, 0.3) is 0 Å². The predicted octanol–water partition coefficient (Wildman–Crippen LogP) is 2.90. The highest BCUT2D eigenvalue weighted by Crippen LogP contribution is 2.29. The monoisotopic (exact) mass is 341 g/mol. The minimum absolute atomic E-state index is 0.00232. The van der Waals surface area contributed by atoms with Crippen LogP contribution in [-0.4, -0.2) is 40.1 Å². The van der Waals surface area contributed by atoms with Crippen LogP contribution in [0.25, 0.3) is 10.2 Å². The Hall–Kier alpha value is -2.29. The van der Waals surface area contributed by atoms with Crippen molar-refractivity contribution in [3.8, 4) is 0 Å². The van der Waals surface area contributed by atoms with Crippen LogP contribution in [0.3, 0.4) is 0 Å². The molecule has 1 aromatic carbocycles. The second kappa shape index (κ2) is 6.07. The van der Waals surface area contributed by atoms with Crippen LogP contribution in [0.4, 0.5) is 18.7 Å². The summed E-state index contributed by atoms with van der Waals surface area (Å²) in [6.07, 6.45) is 0.119. The maximum absolute atomic E-state index is 13.6. The molecule has 1 atom stereocenters. The van der Waals surface area contributed by atoms with E-state index in [1.165, 1.54) is 4.90 Å². The molecule has 23 heavy (non-hydrogen) atoms. The highest BCUT2D eigenvalue weighted by molar-refractivity contribution is 7.22. The lowest BCUT2D eigenvalue weighted by atomic mass is 9.97. The summed E-state index contributed by atoms with van der Waals surface area (Å²) in [5, 5.41) is 11.7. The van der Waals surface area contributed by atoms with Gasteiger partial charge in [0.05, 0.1) is 10.6 Å². The lowest BCUT2D eigenvalue weighted by Gasteiger charge is -2.29. The molecule has 0 saturated carbocycles. The Balaban J connectivity index is 1.75. The topological polar surface area (TPSA) is 82.5 Å². The fourth-order valence-corrected chi connectivity index (χ4v) is 3.49. The van der Waals surface area contributed by atoms with Gasteiger partial charge in [-0.05, 0) is 18.9 Å². The van der Waals surface area contributed by atoms with Gasteiger partial charge >= 0.3 is 6.09 Å². The summed E-state index contributed by atoms with van der Waals surface area (Å²) >= 11 is 0.972. The Kier molecular flexibility index (Phi) is 4.12. The van der Waals surface area contributed by atoms with E-state index in [0.29, 0.717) is 24.1 Å². The Morgan fingerprint density at radius 3 is 2.91 bits per heavy atom. The fourth-order valence-electron chi connectivity index (χ4n) is 2.58. The number of nitrogens with zero attached hydrogens (tertiary/aromatic N) is 2. The van der Waals surface area contributed by atoms with Crippen molar-refractivity contribution < 1.29 is 23.5 Å². The number of rotatable bonds is 2. The molecule has 0 bridgehead atoms. The molecule has 122 valence electrons. The molecule has 2 N–H and O–H groups in total. The van der Waals surface area contributed by atoms with Crippen LogP contribution in [0.5, 0.6) is 0 Å².